The van der Waals surface area contributed by atoms with Crippen molar-refractivity contribution in [3.05, 3.63) is 29.6 Å². The predicted octanol–water partition coefficient (Wildman–Crippen LogP) is 3.50. The zero-order valence-corrected chi connectivity index (χ0v) is 15.7. The minimum Gasteiger partial charge on any atom is -0.496 e. The van der Waals surface area contributed by atoms with Gasteiger partial charge in [0.05, 0.1) is 31.3 Å². The quantitative estimate of drug-likeness (QED) is 0.579. The van der Waals surface area contributed by atoms with E-state index in [4.69, 9.17) is 18.8 Å². The van der Waals surface area contributed by atoms with Crippen LogP contribution in [0, 0.1) is 5.82 Å². The average molecular weight is 352 g/mol. The summed E-state index contributed by atoms with van der Waals surface area (Å²) in [7, 11) is 0.790. The van der Waals surface area contributed by atoms with E-state index in [1.165, 1.54) is 19.2 Å². The van der Waals surface area contributed by atoms with Crippen LogP contribution in [-0.4, -0.2) is 38.0 Å². The summed E-state index contributed by atoms with van der Waals surface area (Å²) in [5.74, 6) is -0.905. The van der Waals surface area contributed by atoms with E-state index in [9.17, 15) is 9.18 Å². The summed E-state index contributed by atoms with van der Waals surface area (Å²) in [6.07, 6.45) is 0.0483. The number of esters is 1. The van der Waals surface area contributed by atoms with E-state index in [0.717, 1.165) is 0 Å². The summed E-state index contributed by atoms with van der Waals surface area (Å²) >= 11 is 0. The lowest BCUT2D eigenvalue weighted by atomic mass is 9.66. The van der Waals surface area contributed by atoms with Crippen molar-refractivity contribution in [2.45, 2.75) is 58.1 Å². The molecule has 0 spiro atoms. The van der Waals surface area contributed by atoms with Crippen LogP contribution in [0.2, 0.25) is 0 Å². The van der Waals surface area contributed by atoms with Gasteiger partial charge in [0.2, 0.25) is 0 Å². The number of carbonyl (C=O) groups excluding carboxylic acids is 1. The smallest absolute Gasteiger partial charge is 0.466 e. The molecule has 0 aliphatic carbocycles. The van der Waals surface area contributed by atoms with Gasteiger partial charge in [-0.3, -0.25) is 4.79 Å². The third-order valence-electron chi connectivity index (χ3n) is 4.89. The standard InChI is InChI=1S/C18H26BFO5/c1-7-23-16(21)11-14(13-9-8-12(20)10-15(13)22-6)19-24-17(2,3)18(4,5)25-19/h8-10,14H,7,11H2,1-6H3. The second-order valence-corrected chi connectivity index (χ2v) is 7.13. The van der Waals surface area contributed by atoms with Crippen LogP contribution >= 0.6 is 0 Å². The Kier molecular flexibility index (Phi) is 5.79. The molecule has 1 aromatic carbocycles. The maximum atomic E-state index is 13.6. The van der Waals surface area contributed by atoms with E-state index in [1.54, 1.807) is 13.0 Å². The highest BCUT2D eigenvalue weighted by Crippen LogP contribution is 2.43. The van der Waals surface area contributed by atoms with Gasteiger partial charge in [0.25, 0.3) is 0 Å². The van der Waals surface area contributed by atoms with Crippen LogP contribution in [0.5, 0.6) is 5.75 Å². The fourth-order valence-electron chi connectivity index (χ4n) is 2.80. The molecule has 7 heteroatoms. The van der Waals surface area contributed by atoms with Crippen molar-refractivity contribution in [1.82, 2.24) is 0 Å². The molecule has 0 bridgehead atoms. The van der Waals surface area contributed by atoms with E-state index in [0.29, 0.717) is 11.3 Å². The highest BCUT2D eigenvalue weighted by atomic mass is 19.1. The highest BCUT2D eigenvalue weighted by molar-refractivity contribution is 6.48. The normalized spacial score (nSPS) is 19.6. The minimum atomic E-state index is -0.672. The lowest BCUT2D eigenvalue weighted by Crippen LogP contribution is -2.41. The molecule has 1 heterocycles. The summed E-state index contributed by atoms with van der Waals surface area (Å²) in [6, 6.07) is 4.23. The third-order valence-corrected chi connectivity index (χ3v) is 4.89. The van der Waals surface area contributed by atoms with Crippen molar-refractivity contribution < 1.29 is 28.0 Å². The molecule has 1 aromatic rings. The molecule has 138 valence electrons. The maximum Gasteiger partial charge on any atom is 0.466 e. The van der Waals surface area contributed by atoms with Crippen molar-refractivity contribution in [3.63, 3.8) is 0 Å². The Morgan fingerprint density at radius 3 is 2.36 bits per heavy atom. The maximum absolute atomic E-state index is 13.6. The van der Waals surface area contributed by atoms with Gasteiger partial charge in [0, 0.05) is 11.9 Å². The number of hydrogen-bond acceptors (Lipinski definition) is 5. The zero-order valence-electron chi connectivity index (χ0n) is 15.7. The highest BCUT2D eigenvalue weighted by Gasteiger charge is 2.54. The van der Waals surface area contributed by atoms with Gasteiger partial charge in [-0.2, -0.15) is 0 Å². The van der Waals surface area contributed by atoms with E-state index in [-0.39, 0.29) is 19.0 Å². The second kappa shape index (κ2) is 7.34. The van der Waals surface area contributed by atoms with Gasteiger partial charge < -0.3 is 18.8 Å². The second-order valence-electron chi connectivity index (χ2n) is 7.13. The number of benzene rings is 1. The zero-order chi connectivity index (χ0) is 18.8. The topological polar surface area (TPSA) is 54.0 Å². The Labute approximate surface area is 148 Å². The Hall–Kier alpha value is -1.60. The monoisotopic (exact) mass is 352 g/mol. The van der Waals surface area contributed by atoms with Crippen LogP contribution in [0.3, 0.4) is 0 Å². The molecular weight excluding hydrogens is 326 g/mol. The van der Waals surface area contributed by atoms with Crippen LogP contribution in [0.25, 0.3) is 0 Å². The molecule has 0 saturated carbocycles. The minimum absolute atomic E-state index is 0.0483. The third kappa shape index (κ3) is 4.15. The molecule has 1 fully saturated rings. The number of hydrogen-bond donors (Lipinski definition) is 0. The summed E-state index contributed by atoms with van der Waals surface area (Å²) in [5.41, 5.74) is -0.439. The van der Waals surface area contributed by atoms with E-state index >= 15 is 0 Å². The molecule has 0 amide bonds. The first-order valence-electron chi connectivity index (χ1n) is 8.46. The molecule has 1 atom stereocenters. The van der Waals surface area contributed by atoms with Crippen LogP contribution in [-0.2, 0) is 18.8 Å². The van der Waals surface area contributed by atoms with Crippen LogP contribution < -0.4 is 4.74 Å². The van der Waals surface area contributed by atoms with Crippen molar-refractivity contribution in [2.75, 3.05) is 13.7 Å². The number of carbonyl (C=O) groups is 1. The first-order chi connectivity index (χ1) is 11.6. The van der Waals surface area contributed by atoms with Gasteiger partial charge in [-0.1, -0.05) is 6.07 Å². The van der Waals surface area contributed by atoms with E-state index in [1.807, 2.05) is 27.7 Å². The Morgan fingerprint density at radius 1 is 1.24 bits per heavy atom. The molecule has 1 unspecified atom stereocenters. The van der Waals surface area contributed by atoms with E-state index in [2.05, 4.69) is 0 Å². The van der Waals surface area contributed by atoms with Gasteiger partial charge in [-0.25, -0.2) is 4.39 Å². The van der Waals surface area contributed by atoms with Gasteiger partial charge in [-0.05, 0) is 46.2 Å². The summed E-state index contributed by atoms with van der Waals surface area (Å²) in [4.78, 5) is 12.1. The first kappa shape index (κ1) is 19.7. The summed E-state index contributed by atoms with van der Waals surface area (Å²) < 4.78 is 36.2. The molecular formula is C18H26BFO5. The van der Waals surface area contributed by atoms with Crippen LogP contribution in [0.4, 0.5) is 4.39 Å². The summed E-state index contributed by atoms with van der Waals surface area (Å²) in [5, 5.41) is 0. The Balaban J connectivity index is 2.40. The fourth-order valence-corrected chi connectivity index (χ4v) is 2.80. The number of halogens is 1. The molecule has 1 saturated heterocycles. The molecule has 2 rings (SSSR count). The molecule has 0 radical (unpaired) electrons. The van der Waals surface area contributed by atoms with Gasteiger partial charge in [0.1, 0.15) is 11.6 Å². The molecule has 0 N–H and O–H groups in total. The van der Waals surface area contributed by atoms with Gasteiger partial charge in [0.15, 0.2) is 0 Å². The lowest BCUT2D eigenvalue weighted by Gasteiger charge is -2.32. The summed E-state index contributed by atoms with van der Waals surface area (Å²) in [6.45, 7) is 9.80. The number of rotatable bonds is 6. The van der Waals surface area contributed by atoms with Gasteiger partial charge >= 0.3 is 13.1 Å². The largest absolute Gasteiger partial charge is 0.496 e. The Morgan fingerprint density at radius 2 is 1.84 bits per heavy atom. The molecule has 5 nitrogen and oxygen atoms in total. The molecule has 1 aliphatic heterocycles. The lowest BCUT2D eigenvalue weighted by molar-refractivity contribution is -0.143. The SMILES string of the molecule is CCOC(=O)CC(B1OC(C)(C)C(C)(C)O1)c1ccc(F)cc1OC. The van der Waals surface area contributed by atoms with Gasteiger partial charge in [-0.15, -0.1) is 0 Å². The molecule has 25 heavy (non-hydrogen) atoms. The van der Waals surface area contributed by atoms with E-state index < -0.39 is 30.0 Å². The van der Waals surface area contributed by atoms with Crippen molar-refractivity contribution in [1.29, 1.82) is 0 Å². The fraction of sp³-hybridized carbons (Fsp3) is 0.611. The van der Waals surface area contributed by atoms with Crippen LogP contribution in [0.1, 0.15) is 52.4 Å². The average Bonchev–Trinajstić information content (AvgIpc) is 2.73. The van der Waals surface area contributed by atoms with Crippen molar-refractivity contribution >= 4 is 13.1 Å². The Bertz CT molecular complexity index is 616. The first-order valence-corrected chi connectivity index (χ1v) is 8.46. The molecule has 0 aromatic heterocycles. The number of methoxy groups -OCH3 is 1. The van der Waals surface area contributed by atoms with Crippen molar-refractivity contribution in [3.8, 4) is 5.75 Å². The number of ether oxygens (including phenoxy) is 2. The van der Waals surface area contributed by atoms with Crippen LogP contribution in [0.15, 0.2) is 18.2 Å². The van der Waals surface area contributed by atoms with Crippen molar-refractivity contribution in [2.24, 2.45) is 0 Å². The predicted molar refractivity (Wildman–Crippen MR) is 93.0 cm³/mol. The molecule has 1 aliphatic rings.